The fourth-order valence-electron chi connectivity index (χ4n) is 2.84. The predicted octanol–water partition coefficient (Wildman–Crippen LogP) is 1.75. The van der Waals surface area contributed by atoms with Crippen molar-refractivity contribution in [2.75, 3.05) is 7.05 Å². The molecule has 1 fully saturated rings. The van der Waals surface area contributed by atoms with Crippen molar-refractivity contribution in [3.05, 3.63) is 61.6 Å². The highest BCUT2D eigenvalue weighted by Gasteiger charge is 2.29. The van der Waals surface area contributed by atoms with Gasteiger partial charge < -0.3 is 9.88 Å². The maximum absolute atomic E-state index is 12.7. The number of aromatic nitrogens is 3. The second-order valence-corrected chi connectivity index (χ2v) is 6.99. The summed E-state index contributed by atoms with van der Waals surface area (Å²) in [4.78, 5) is 42.0. The molecule has 0 spiro atoms. The van der Waals surface area contributed by atoms with Crippen LogP contribution < -0.4 is 11.2 Å². The highest BCUT2D eigenvalue weighted by atomic mass is 32.1. The molecule has 1 amide bonds. The zero-order chi connectivity index (χ0) is 17.6. The van der Waals surface area contributed by atoms with Gasteiger partial charge in [-0.2, -0.15) is 4.37 Å². The van der Waals surface area contributed by atoms with Gasteiger partial charge in [0.2, 0.25) is 0 Å². The molecule has 7 nitrogen and oxygen atoms in total. The van der Waals surface area contributed by atoms with Crippen molar-refractivity contribution in [1.29, 1.82) is 0 Å². The first kappa shape index (κ1) is 15.8. The van der Waals surface area contributed by atoms with Gasteiger partial charge in [-0.1, -0.05) is 30.3 Å². The number of nitrogens with one attached hydrogen (secondary N) is 1. The van der Waals surface area contributed by atoms with Crippen molar-refractivity contribution in [3.8, 4) is 0 Å². The fraction of sp³-hybridized carbons (Fsp3) is 0.294. The number of fused-ring (bicyclic) bond motifs is 1. The van der Waals surface area contributed by atoms with Crippen LogP contribution in [0.15, 0.2) is 39.9 Å². The first-order valence-electron chi connectivity index (χ1n) is 8.00. The molecule has 1 aliphatic carbocycles. The Hall–Kier alpha value is -2.74. The molecule has 1 saturated carbocycles. The number of carbonyl (C=O) groups excluding carboxylic acids is 1. The first-order valence-corrected chi connectivity index (χ1v) is 8.77. The monoisotopic (exact) mass is 356 g/mol. The number of benzene rings is 1. The molecule has 4 rings (SSSR count). The van der Waals surface area contributed by atoms with Gasteiger partial charge in [-0.05, 0) is 29.9 Å². The average molecular weight is 356 g/mol. The Kier molecular flexibility index (Phi) is 3.76. The summed E-state index contributed by atoms with van der Waals surface area (Å²) in [6.45, 7) is 0.433. The zero-order valence-electron chi connectivity index (χ0n) is 13.6. The number of carbonyl (C=O) groups is 1. The van der Waals surface area contributed by atoms with Gasteiger partial charge in [-0.15, -0.1) is 0 Å². The fourth-order valence-corrected chi connectivity index (χ4v) is 3.66. The Morgan fingerprint density at radius 2 is 2.04 bits per heavy atom. The van der Waals surface area contributed by atoms with Crippen LogP contribution >= 0.6 is 11.5 Å². The molecule has 128 valence electrons. The van der Waals surface area contributed by atoms with Crippen LogP contribution in [0.2, 0.25) is 0 Å². The number of H-pyrrole nitrogens is 1. The van der Waals surface area contributed by atoms with Crippen LogP contribution in [-0.2, 0) is 6.54 Å². The Balaban J connectivity index is 1.70. The molecular weight excluding hydrogens is 340 g/mol. The number of amides is 1. The number of rotatable bonds is 4. The van der Waals surface area contributed by atoms with Crippen LogP contribution in [0.1, 0.15) is 34.1 Å². The minimum absolute atomic E-state index is 0.0396. The lowest BCUT2D eigenvalue weighted by atomic mass is 10.2. The number of hydrogen-bond donors (Lipinski definition) is 1. The molecule has 8 heteroatoms. The van der Waals surface area contributed by atoms with E-state index in [-0.39, 0.29) is 27.9 Å². The third-order valence-corrected chi connectivity index (χ3v) is 5.11. The highest BCUT2D eigenvalue weighted by Crippen LogP contribution is 2.32. The smallest absolute Gasteiger partial charge is 0.329 e. The van der Waals surface area contributed by atoms with E-state index in [9.17, 15) is 14.4 Å². The SMILES string of the molecule is CN(Cc1ccccc1)C(=O)c1snc2c(=O)n(C3CC3)c(=O)[nH]c12. The summed E-state index contributed by atoms with van der Waals surface area (Å²) in [6, 6.07) is 9.57. The quantitative estimate of drug-likeness (QED) is 0.771. The van der Waals surface area contributed by atoms with Gasteiger partial charge in [0.25, 0.3) is 11.5 Å². The summed E-state index contributed by atoms with van der Waals surface area (Å²) in [5, 5.41) is 0. The molecule has 1 N–H and O–H groups in total. The molecule has 0 atom stereocenters. The van der Waals surface area contributed by atoms with E-state index in [1.807, 2.05) is 30.3 Å². The van der Waals surface area contributed by atoms with E-state index in [0.717, 1.165) is 29.9 Å². The Morgan fingerprint density at radius 3 is 2.72 bits per heavy atom. The topological polar surface area (TPSA) is 88.1 Å². The van der Waals surface area contributed by atoms with Crippen molar-refractivity contribution in [2.24, 2.45) is 0 Å². The van der Waals surface area contributed by atoms with Crippen LogP contribution in [0.4, 0.5) is 0 Å². The number of nitrogens with zero attached hydrogens (tertiary/aromatic N) is 3. The van der Waals surface area contributed by atoms with Crippen molar-refractivity contribution >= 4 is 28.5 Å². The molecule has 1 aliphatic rings. The molecule has 25 heavy (non-hydrogen) atoms. The Labute approximate surface area is 146 Å². The van der Waals surface area contributed by atoms with Crippen molar-refractivity contribution in [2.45, 2.75) is 25.4 Å². The third-order valence-electron chi connectivity index (χ3n) is 4.28. The molecule has 0 unspecified atom stereocenters. The van der Waals surface area contributed by atoms with Crippen LogP contribution in [0.3, 0.4) is 0 Å². The first-order chi connectivity index (χ1) is 12.1. The zero-order valence-corrected chi connectivity index (χ0v) is 14.4. The van der Waals surface area contributed by atoms with Crippen molar-refractivity contribution < 1.29 is 4.79 Å². The van der Waals surface area contributed by atoms with E-state index in [0.29, 0.717) is 6.54 Å². The lowest BCUT2D eigenvalue weighted by Gasteiger charge is -2.16. The standard InChI is InChI=1S/C17H16N4O3S/c1-20(9-10-5-3-2-4-6-10)16(23)14-12-13(19-25-14)15(22)21(11-7-8-11)17(24)18-12/h2-6,11H,7-9H2,1H3,(H,18,24). The minimum atomic E-state index is -0.472. The number of aromatic amines is 1. The largest absolute Gasteiger partial charge is 0.337 e. The summed E-state index contributed by atoms with van der Waals surface area (Å²) in [6.07, 6.45) is 1.65. The Bertz CT molecular complexity index is 1060. The summed E-state index contributed by atoms with van der Waals surface area (Å²) < 4.78 is 5.34. The number of hydrogen-bond acceptors (Lipinski definition) is 5. The summed E-state index contributed by atoms with van der Waals surface area (Å²) in [5.74, 6) is -0.268. The molecule has 0 aliphatic heterocycles. The predicted molar refractivity (Wildman–Crippen MR) is 95.0 cm³/mol. The van der Waals surface area contributed by atoms with E-state index in [1.54, 1.807) is 11.9 Å². The summed E-state index contributed by atoms with van der Waals surface area (Å²) in [5.41, 5.74) is 0.508. The normalized spacial score (nSPS) is 14.0. The second kappa shape index (κ2) is 5.96. The average Bonchev–Trinajstić information content (AvgIpc) is 3.34. The van der Waals surface area contributed by atoms with Gasteiger partial charge in [-0.25, -0.2) is 4.79 Å². The maximum Gasteiger partial charge on any atom is 0.329 e. The van der Waals surface area contributed by atoms with Crippen molar-refractivity contribution in [1.82, 2.24) is 18.8 Å². The van der Waals surface area contributed by atoms with E-state index < -0.39 is 11.2 Å². The molecule has 3 aromatic rings. The maximum atomic E-state index is 12.7. The van der Waals surface area contributed by atoms with E-state index in [4.69, 9.17) is 0 Å². The molecule has 1 aromatic carbocycles. The van der Waals surface area contributed by atoms with Crippen LogP contribution in [0, 0.1) is 0 Å². The molecule has 0 bridgehead atoms. The van der Waals surface area contributed by atoms with Crippen LogP contribution in [-0.4, -0.2) is 31.8 Å². The Morgan fingerprint density at radius 1 is 1.32 bits per heavy atom. The summed E-state index contributed by atoms with van der Waals surface area (Å²) in [7, 11) is 1.68. The molecule has 2 heterocycles. The molecular formula is C17H16N4O3S. The highest BCUT2D eigenvalue weighted by molar-refractivity contribution is 7.09. The van der Waals surface area contributed by atoms with Gasteiger partial charge in [0.15, 0.2) is 5.52 Å². The van der Waals surface area contributed by atoms with Gasteiger partial charge >= 0.3 is 5.69 Å². The van der Waals surface area contributed by atoms with Gasteiger partial charge in [0.05, 0.1) is 5.52 Å². The van der Waals surface area contributed by atoms with Crippen molar-refractivity contribution in [3.63, 3.8) is 0 Å². The van der Waals surface area contributed by atoms with Gasteiger partial charge in [-0.3, -0.25) is 14.2 Å². The molecule has 0 saturated heterocycles. The van der Waals surface area contributed by atoms with Crippen LogP contribution in [0.5, 0.6) is 0 Å². The van der Waals surface area contributed by atoms with E-state index in [2.05, 4.69) is 9.36 Å². The third kappa shape index (κ3) is 2.78. The van der Waals surface area contributed by atoms with Crippen LogP contribution in [0.25, 0.3) is 11.0 Å². The van der Waals surface area contributed by atoms with E-state index in [1.165, 1.54) is 4.57 Å². The van der Waals surface area contributed by atoms with E-state index >= 15 is 0 Å². The molecule has 0 radical (unpaired) electrons. The summed E-state index contributed by atoms with van der Waals surface area (Å²) >= 11 is 0.949. The minimum Gasteiger partial charge on any atom is -0.337 e. The second-order valence-electron chi connectivity index (χ2n) is 6.22. The lowest BCUT2D eigenvalue weighted by Crippen LogP contribution is -2.34. The molecule has 2 aromatic heterocycles. The van der Waals surface area contributed by atoms with Gasteiger partial charge in [0, 0.05) is 19.6 Å². The van der Waals surface area contributed by atoms with Gasteiger partial charge in [0.1, 0.15) is 4.88 Å². The lowest BCUT2D eigenvalue weighted by molar-refractivity contribution is 0.0791.